The van der Waals surface area contributed by atoms with Crippen molar-refractivity contribution in [2.75, 3.05) is 5.43 Å². The van der Waals surface area contributed by atoms with Crippen molar-refractivity contribution in [3.05, 3.63) is 41.0 Å². The van der Waals surface area contributed by atoms with Crippen LogP contribution >= 0.6 is 0 Å². The van der Waals surface area contributed by atoms with E-state index < -0.39 is 0 Å². The predicted octanol–water partition coefficient (Wildman–Crippen LogP) is 0.637. The number of nitrogens with one attached hydrogen (secondary N) is 3. The molecule has 1 amide bonds. The van der Waals surface area contributed by atoms with E-state index in [0.29, 0.717) is 17.8 Å². The van der Waals surface area contributed by atoms with Crippen molar-refractivity contribution in [1.29, 1.82) is 0 Å². The van der Waals surface area contributed by atoms with E-state index in [-0.39, 0.29) is 5.91 Å². The Morgan fingerprint density at radius 2 is 2.21 bits per heavy atom. The van der Waals surface area contributed by atoms with Crippen LogP contribution in [0.4, 0.5) is 5.69 Å². The average Bonchev–Trinajstić information content (AvgIpc) is 2.81. The largest absolute Gasteiger partial charge is 0.348 e. The summed E-state index contributed by atoms with van der Waals surface area (Å²) in [5.41, 5.74) is 6.12. The van der Waals surface area contributed by atoms with Crippen molar-refractivity contribution in [1.82, 2.24) is 20.5 Å². The minimum absolute atomic E-state index is 0.235. The molecule has 5 N–H and O–H groups in total. The summed E-state index contributed by atoms with van der Waals surface area (Å²) >= 11 is 0. The minimum atomic E-state index is -0.235. The lowest BCUT2D eigenvalue weighted by atomic mass is 10.2. The molecule has 0 aliphatic rings. The molecule has 0 unspecified atom stereocenters. The number of hydrazine groups is 1. The molecule has 0 atom stereocenters. The number of carbonyl (C=O) groups excluding carboxylic acids is 1. The fraction of sp³-hybridized carbons (Fsp3) is 0.250. The number of nitrogens with two attached hydrogens (primary N) is 1. The Morgan fingerprint density at radius 1 is 1.42 bits per heavy atom. The van der Waals surface area contributed by atoms with E-state index in [4.69, 9.17) is 5.84 Å². The van der Waals surface area contributed by atoms with Crippen LogP contribution in [-0.2, 0) is 6.54 Å². The Hall–Kier alpha value is -2.41. The van der Waals surface area contributed by atoms with Gasteiger partial charge in [-0.25, -0.2) is 0 Å². The summed E-state index contributed by atoms with van der Waals surface area (Å²) in [6.07, 6.45) is 3.19. The van der Waals surface area contributed by atoms with Crippen molar-refractivity contribution in [3.8, 4) is 0 Å². The second-order valence-corrected chi connectivity index (χ2v) is 4.22. The number of amides is 1. The third-order valence-corrected chi connectivity index (χ3v) is 2.81. The van der Waals surface area contributed by atoms with Crippen LogP contribution in [0, 0.1) is 13.8 Å². The number of rotatable bonds is 4. The van der Waals surface area contributed by atoms with E-state index in [2.05, 4.69) is 25.9 Å². The first-order valence-electron chi connectivity index (χ1n) is 5.82. The second kappa shape index (κ2) is 5.49. The molecule has 0 bridgehead atoms. The van der Waals surface area contributed by atoms with Crippen molar-refractivity contribution in [2.45, 2.75) is 20.4 Å². The van der Waals surface area contributed by atoms with Crippen LogP contribution in [0.25, 0.3) is 0 Å². The SMILES string of the molecule is Cc1cc(NN)c(C(=O)NCc2cn[nH]c2C)cn1. The number of nitrogens with zero attached hydrogens (tertiary/aromatic N) is 2. The Kier molecular flexibility index (Phi) is 3.76. The maximum Gasteiger partial charge on any atom is 0.255 e. The van der Waals surface area contributed by atoms with Crippen molar-refractivity contribution in [3.63, 3.8) is 0 Å². The van der Waals surface area contributed by atoms with Crippen LogP contribution in [0.5, 0.6) is 0 Å². The minimum Gasteiger partial charge on any atom is -0.348 e. The molecule has 2 aromatic rings. The van der Waals surface area contributed by atoms with Crippen LogP contribution in [0.3, 0.4) is 0 Å². The highest BCUT2D eigenvalue weighted by Gasteiger charge is 2.12. The molecule has 0 saturated heterocycles. The van der Waals surface area contributed by atoms with Gasteiger partial charge in [-0.15, -0.1) is 0 Å². The van der Waals surface area contributed by atoms with Gasteiger partial charge in [0.15, 0.2) is 0 Å². The van der Waals surface area contributed by atoms with E-state index in [0.717, 1.165) is 17.0 Å². The van der Waals surface area contributed by atoms with Crippen LogP contribution in [0.1, 0.15) is 27.3 Å². The second-order valence-electron chi connectivity index (χ2n) is 4.22. The van der Waals surface area contributed by atoms with Gasteiger partial charge in [0.1, 0.15) is 0 Å². The summed E-state index contributed by atoms with van der Waals surface area (Å²) in [6, 6.07) is 1.72. The molecule has 0 aliphatic heterocycles. The van der Waals surface area contributed by atoms with Crippen molar-refractivity contribution < 1.29 is 4.79 Å². The van der Waals surface area contributed by atoms with Gasteiger partial charge in [-0.1, -0.05) is 0 Å². The summed E-state index contributed by atoms with van der Waals surface area (Å²) in [5.74, 6) is 5.16. The maximum absolute atomic E-state index is 12.1. The van der Waals surface area contributed by atoms with Gasteiger partial charge in [0.25, 0.3) is 5.91 Å². The smallest absolute Gasteiger partial charge is 0.255 e. The molecular weight excluding hydrogens is 244 g/mol. The number of pyridine rings is 1. The molecule has 100 valence electrons. The lowest BCUT2D eigenvalue weighted by molar-refractivity contribution is 0.0951. The van der Waals surface area contributed by atoms with Gasteiger partial charge in [0, 0.05) is 29.7 Å². The number of carbonyl (C=O) groups is 1. The van der Waals surface area contributed by atoms with Crippen LogP contribution in [0.15, 0.2) is 18.5 Å². The Balaban J connectivity index is 2.10. The van der Waals surface area contributed by atoms with Crippen LogP contribution < -0.4 is 16.6 Å². The van der Waals surface area contributed by atoms with E-state index in [1.54, 1.807) is 12.3 Å². The highest BCUT2D eigenvalue weighted by molar-refractivity contribution is 5.99. The monoisotopic (exact) mass is 260 g/mol. The first kappa shape index (κ1) is 13.0. The molecule has 0 fully saturated rings. The fourth-order valence-corrected chi connectivity index (χ4v) is 1.68. The lowest BCUT2D eigenvalue weighted by Crippen LogP contribution is -2.25. The van der Waals surface area contributed by atoms with Crippen LogP contribution in [0.2, 0.25) is 0 Å². The molecule has 2 rings (SSSR count). The third-order valence-electron chi connectivity index (χ3n) is 2.81. The molecular formula is C12H16N6O. The Bertz CT molecular complexity index is 592. The zero-order valence-electron chi connectivity index (χ0n) is 10.8. The first-order chi connectivity index (χ1) is 9.11. The summed E-state index contributed by atoms with van der Waals surface area (Å²) in [6.45, 7) is 4.13. The molecule has 19 heavy (non-hydrogen) atoms. The van der Waals surface area contributed by atoms with Crippen molar-refractivity contribution in [2.24, 2.45) is 5.84 Å². The Labute approximate surface area is 110 Å². The molecule has 2 aromatic heterocycles. The molecule has 0 aromatic carbocycles. The highest BCUT2D eigenvalue weighted by Crippen LogP contribution is 2.14. The fourth-order valence-electron chi connectivity index (χ4n) is 1.68. The topological polar surface area (TPSA) is 109 Å². The number of aromatic nitrogens is 3. The molecule has 0 spiro atoms. The zero-order valence-corrected chi connectivity index (χ0v) is 10.8. The molecule has 2 heterocycles. The van der Waals surface area contributed by atoms with E-state index in [9.17, 15) is 4.79 Å². The van der Waals surface area contributed by atoms with Crippen LogP contribution in [-0.4, -0.2) is 21.1 Å². The number of hydrogen-bond donors (Lipinski definition) is 4. The van der Waals surface area contributed by atoms with Gasteiger partial charge in [-0.2, -0.15) is 5.10 Å². The molecule has 7 heteroatoms. The first-order valence-corrected chi connectivity index (χ1v) is 5.82. The van der Waals surface area contributed by atoms with E-state index in [1.165, 1.54) is 6.20 Å². The molecule has 0 aliphatic carbocycles. The van der Waals surface area contributed by atoms with Gasteiger partial charge < -0.3 is 10.7 Å². The summed E-state index contributed by atoms with van der Waals surface area (Å²) in [4.78, 5) is 16.2. The van der Waals surface area contributed by atoms with Crippen molar-refractivity contribution >= 4 is 11.6 Å². The van der Waals surface area contributed by atoms with Gasteiger partial charge in [-0.3, -0.25) is 20.7 Å². The summed E-state index contributed by atoms with van der Waals surface area (Å²) in [5, 5.41) is 9.51. The number of H-pyrrole nitrogens is 1. The number of aryl methyl sites for hydroxylation is 2. The van der Waals surface area contributed by atoms with Gasteiger partial charge in [-0.05, 0) is 19.9 Å². The standard InChI is InChI=1S/C12H16N6O/c1-7-3-11(17-13)10(6-14-7)12(19)15-4-9-5-16-18-8(9)2/h3,5-6H,4,13H2,1-2H3,(H,14,17)(H,15,19)(H,16,18). The zero-order chi connectivity index (χ0) is 13.8. The normalized spacial score (nSPS) is 10.3. The lowest BCUT2D eigenvalue weighted by Gasteiger charge is -2.09. The molecule has 7 nitrogen and oxygen atoms in total. The highest BCUT2D eigenvalue weighted by atomic mass is 16.1. The predicted molar refractivity (Wildman–Crippen MR) is 71.3 cm³/mol. The van der Waals surface area contributed by atoms with Gasteiger partial charge in [0.05, 0.1) is 17.4 Å². The number of hydrogen-bond acceptors (Lipinski definition) is 5. The molecule has 0 radical (unpaired) electrons. The third kappa shape index (κ3) is 2.89. The maximum atomic E-state index is 12.1. The summed E-state index contributed by atoms with van der Waals surface area (Å²) < 4.78 is 0. The number of aromatic amines is 1. The Morgan fingerprint density at radius 3 is 2.84 bits per heavy atom. The molecule has 0 saturated carbocycles. The average molecular weight is 260 g/mol. The quantitative estimate of drug-likeness (QED) is 0.476. The number of nitrogen functional groups attached to an aromatic ring is 1. The number of anilines is 1. The van der Waals surface area contributed by atoms with Gasteiger partial charge >= 0.3 is 0 Å². The van der Waals surface area contributed by atoms with E-state index >= 15 is 0 Å². The van der Waals surface area contributed by atoms with E-state index in [1.807, 2.05) is 13.8 Å². The summed E-state index contributed by atoms with van der Waals surface area (Å²) in [7, 11) is 0. The van der Waals surface area contributed by atoms with Gasteiger partial charge in [0.2, 0.25) is 0 Å².